The molecule has 4 aromatic carbocycles. The van der Waals surface area contributed by atoms with Gasteiger partial charge in [-0.25, -0.2) is 9.97 Å². The number of rotatable bonds is 2. The van der Waals surface area contributed by atoms with Crippen molar-refractivity contribution < 1.29 is 4.74 Å². The van der Waals surface area contributed by atoms with E-state index in [1.165, 1.54) is 43.7 Å². The lowest BCUT2D eigenvalue weighted by Crippen LogP contribution is -2.13. The fourth-order valence-corrected chi connectivity index (χ4v) is 6.58. The van der Waals surface area contributed by atoms with E-state index in [0.29, 0.717) is 0 Å². The molecule has 43 heavy (non-hydrogen) atoms. The van der Waals surface area contributed by atoms with Gasteiger partial charge in [0.1, 0.15) is 22.8 Å². The number of para-hydroxylation sites is 1. The van der Waals surface area contributed by atoms with Gasteiger partial charge in [-0.05, 0) is 75.2 Å². The summed E-state index contributed by atoms with van der Waals surface area (Å²) in [5.41, 5.74) is 6.92. The van der Waals surface area contributed by atoms with Gasteiger partial charge in [0.15, 0.2) is 0 Å². The molecule has 0 aliphatic heterocycles. The van der Waals surface area contributed by atoms with Crippen LogP contribution in [0.1, 0.15) is 52.7 Å². The van der Waals surface area contributed by atoms with Crippen molar-refractivity contribution >= 4 is 54.6 Å². The first-order valence-electron chi connectivity index (χ1n) is 14.9. The third kappa shape index (κ3) is 3.91. The Balaban J connectivity index is 1.27. The molecule has 8 aromatic rings. The van der Waals surface area contributed by atoms with Crippen molar-refractivity contribution in [1.82, 2.24) is 18.8 Å². The number of imidazole rings is 2. The summed E-state index contributed by atoms with van der Waals surface area (Å²) in [6, 6.07) is 26.1. The number of aromatic nitrogens is 4. The molecule has 5 heteroatoms. The summed E-state index contributed by atoms with van der Waals surface area (Å²) in [6.07, 6.45) is 7.87. The van der Waals surface area contributed by atoms with Crippen LogP contribution in [-0.4, -0.2) is 18.8 Å². The van der Waals surface area contributed by atoms with Gasteiger partial charge in [0, 0.05) is 46.3 Å². The molecule has 0 saturated carbocycles. The first kappa shape index (κ1) is 25.8. The van der Waals surface area contributed by atoms with Gasteiger partial charge in [-0.1, -0.05) is 71.9 Å². The number of fused-ring (bicyclic) bond motifs is 12. The van der Waals surface area contributed by atoms with Gasteiger partial charge in [-0.15, -0.1) is 0 Å². The van der Waals surface area contributed by atoms with Gasteiger partial charge in [-0.3, -0.25) is 8.80 Å². The summed E-state index contributed by atoms with van der Waals surface area (Å²) in [5.74, 6) is 1.55. The van der Waals surface area contributed by atoms with Gasteiger partial charge < -0.3 is 4.74 Å². The zero-order valence-corrected chi connectivity index (χ0v) is 25.4. The second kappa shape index (κ2) is 8.81. The Kier molecular flexibility index (Phi) is 5.28. The van der Waals surface area contributed by atoms with Crippen molar-refractivity contribution in [2.24, 2.45) is 0 Å². The molecule has 0 atom stereocenters. The molecule has 8 rings (SSSR count). The van der Waals surface area contributed by atoms with Crippen molar-refractivity contribution in [2.75, 3.05) is 0 Å². The van der Waals surface area contributed by atoms with E-state index < -0.39 is 0 Å². The molecule has 4 aromatic heterocycles. The average Bonchev–Trinajstić information content (AvgIpc) is 3.67. The first-order chi connectivity index (χ1) is 20.6. The number of benzene rings is 4. The number of nitrogens with zero attached hydrogens (tertiary/aromatic N) is 4. The lowest BCUT2D eigenvalue weighted by atomic mass is 9.85. The van der Waals surface area contributed by atoms with E-state index >= 15 is 0 Å². The number of pyridine rings is 2. The minimum Gasteiger partial charge on any atom is -0.457 e. The highest BCUT2D eigenvalue weighted by Crippen LogP contribution is 2.39. The van der Waals surface area contributed by atoms with Crippen molar-refractivity contribution in [3.8, 4) is 11.5 Å². The molecule has 4 heterocycles. The van der Waals surface area contributed by atoms with E-state index in [1.54, 1.807) is 0 Å². The third-order valence-corrected chi connectivity index (χ3v) is 8.77. The van der Waals surface area contributed by atoms with Crippen LogP contribution in [0, 0.1) is 0 Å². The standard InChI is InChI=1S/C38H34N4O/c1-37(2,3)23-10-13-28-26-14-11-24(21-30(26)35-39-16-18-41(35)33(28)20-23)43-25-12-15-27-29-8-7-9-32(38(4,5)6)34(29)42-19-17-40-36(42)31(27)22-25/h7-22H,1-6H3. The zero-order valence-electron chi connectivity index (χ0n) is 25.4. The molecule has 0 unspecified atom stereocenters. The highest BCUT2D eigenvalue weighted by Gasteiger charge is 2.21. The summed E-state index contributed by atoms with van der Waals surface area (Å²) in [7, 11) is 0. The predicted molar refractivity (Wildman–Crippen MR) is 178 cm³/mol. The third-order valence-electron chi connectivity index (χ3n) is 8.77. The zero-order chi connectivity index (χ0) is 29.7. The normalized spacial score (nSPS) is 12.9. The van der Waals surface area contributed by atoms with Crippen LogP contribution in [-0.2, 0) is 10.8 Å². The molecule has 0 N–H and O–H groups in total. The van der Waals surface area contributed by atoms with E-state index in [-0.39, 0.29) is 10.8 Å². The lowest BCUT2D eigenvalue weighted by molar-refractivity contribution is 0.484. The maximum Gasteiger partial charge on any atom is 0.145 e. The molecule has 0 aliphatic rings. The summed E-state index contributed by atoms with van der Waals surface area (Å²) in [4.78, 5) is 9.54. The van der Waals surface area contributed by atoms with Crippen LogP contribution in [0.5, 0.6) is 11.5 Å². The first-order valence-corrected chi connectivity index (χ1v) is 14.9. The van der Waals surface area contributed by atoms with Crippen LogP contribution < -0.4 is 4.74 Å². The topological polar surface area (TPSA) is 43.8 Å². The second-order valence-electron chi connectivity index (χ2n) is 13.7. The van der Waals surface area contributed by atoms with Crippen molar-refractivity contribution in [2.45, 2.75) is 52.4 Å². The Morgan fingerprint density at radius 3 is 1.81 bits per heavy atom. The van der Waals surface area contributed by atoms with Gasteiger partial charge in [-0.2, -0.15) is 0 Å². The molecule has 0 saturated heterocycles. The Morgan fingerprint density at radius 2 is 1.16 bits per heavy atom. The van der Waals surface area contributed by atoms with Gasteiger partial charge >= 0.3 is 0 Å². The Hall–Kier alpha value is -4.90. The highest BCUT2D eigenvalue weighted by atomic mass is 16.5. The van der Waals surface area contributed by atoms with E-state index in [4.69, 9.17) is 14.7 Å². The summed E-state index contributed by atoms with van der Waals surface area (Å²) in [5, 5.41) is 6.89. The van der Waals surface area contributed by atoms with Gasteiger partial charge in [0.2, 0.25) is 0 Å². The molecule has 5 nitrogen and oxygen atoms in total. The monoisotopic (exact) mass is 562 g/mol. The highest BCUT2D eigenvalue weighted by molar-refractivity contribution is 6.13. The van der Waals surface area contributed by atoms with E-state index in [1.807, 2.05) is 18.6 Å². The fourth-order valence-electron chi connectivity index (χ4n) is 6.58. The van der Waals surface area contributed by atoms with E-state index in [0.717, 1.165) is 33.6 Å². The van der Waals surface area contributed by atoms with Crippen LogP contribution in [0.4, 0.5) is 0 Å². The molecule has 0 radical (unpaired) electrons. The van der Waals surface area contributed by atoms with Crippen molar-refractivity contribution in [3.63, 3.8) is 0 Å². The number of hydrogen-bond donors (Lipinski definition) is 0. The maximum atomic E-state index is 6.54. The largest absolute Gasteiger partial charge is 0.457 e. The van der Waals surface area contributed by atoms with E-state index in [2.05, 4.69) is 129 Å². The van der Waals surface area contributed by atoms with Gasteiger partial charge in [0.05, 0.1) is 11.0 Å². The molecular weight excluding hydrogens is 528 g/mol. The molecule has 0 fully saturated rings. The maximum absolute atomic E-state index is 6.54. The molecule has 0 aliphatic carbocycles. The Labute approximate surface area is 250 Å². The molecule has 0 spiro atoms. The SMILES string of the molecule is CC(C)(C)c1ccc2c3ccc(Oc4ccc5c(c4)c4nccn4c4c(C(C)(C)C)cccc54)cc3c3nccn3c2c1. The second-order valence-corrected chi connectivity index (χ2v) is 13.7. The summed E-state index contributed by atoms with van der Waals surface area (Å²) >= 11 is 0. The van der Waals surface area contributed by atoms with Crippen LogP contribution in [0.2, 0.25) is 0 Å². The predicted octanol–water partition coefficient (Wildman–Crippen LogP) is 9.98. The summed E-state index contributed by atoms with van der Waals surface area (Å²) < 4.78 is 11.0. The van der Waals surface area contributed by atoms with Crippen LogP contribution >= 0.6 is 0 Å². The minimum absolute atomic E-state index is 0.00396. The number of ether oxygens (including phenoxy) is 1. The van der Waals surface area contributed by atoms with Gasteiger partial charge in [0.25, 0.3) is 0 Å². The fraction of sp³-hybridized carbons (Fsp3) is 0.211. The molecule has 0 bridgehead atoms. The van der Waals surface area contributed by atoms with Crippen molar-refractivity contribution in [3.05, 3.63) is 109 Å². The van der Waals surface area contributed by atoms with E-state index in [9.17, 15) is 0 Å². The van der Waals surface area contributed by atoms with Crippen LogP contribution in [0.3, 0.4) is 0 Å². The molecule has 0 amide bonds. The lowest BCUT2D eigenvalue weighted by Gasteiger charge is -2.23. The van der Waals surface area contributed by atoms with Crippen molar-refractivity contribution in [1.29, 1.82) is 0 Å². The number of hydrogen-bond acceptors (Lipinski definition) is 3. The molecular formula is C38H34N4O. The Bertz CT molecular complexity index is 2400. The summed E-state index contributed by atoms with van der Waals surface area (Å²) in [6.45, 7) is 13.5. The van der Waals surface area contributed by atoms with Crippen LogP contribution in [0.25, 0.3) is 54.6 Å². The quantitative estimate of drug-likeness (QED) is 0.197. The van der Waals surface area contributed by atoms with Crippen LogP contribution in [0.15, 0.2) is 97.6 Å². The Morgan fingerprint density at radius 1 is 0.558 bits per heavy atom. The minimum atomic E-state index is 0.00396. The molecule has 212 valence electrons. The average molecular weight is 563 g/mol. The smallest absolute Gasteiger partial charge is 0.145 e.